The highest BCUT2D eigenvalue weighted by Gasteiger charge is 2.20. The van der Waals surface area contributed by atoms with Crippen LogP contribution in [0.2, 0.25) is 0 Å². The zero-order chi connectivity index (χ0) is 19.7. The summed E-state index contributed by atoms with van der Waals surface area (Å²) >= 11 is 0. The third-order valence-corrected chi connectivity index (χ3v) is 5.07. The molecule has 0 aromatic heterocycles. The molecule has 3 N–H and O–H groups in total. The van der Waals surface area contributed by atoms with Gasteiger partial charge in [-0.25, -0.2) is 17.5 Å². The van der Waals surface area contributed by atoms with E-state index in [1.165, 1.54) is 12.1 Å². The zero-order valence-electron chi connectivity index (χ0n) is 16.0. The lowest BCUT2D eigenvalue weighted by Gasteiger charge is -2.33. The highest BCUT2D eigenvalue weighted by Crippen LogP contribution is 2.14. The minimum atomic E-state index is -3.18. The molecule has 27 heavy (non-hydrogen) atoms. The summed E-state index contributed by atoms with van der Waals surface area (Å²) in [6, 6.07) is 7.00. The Morgan fingerprint density at radius 3 is 2.52 bits per heavy atom. The number of benzene rings is 1. The van der Waals surface area contributed by atoms with Crippen molar-refractivity contribution in [1.82, 2.24) is 20.3 Å². The monoisotopic (exact) mass is 399 g/mol. The van der Waals surface area contributed by atoms with Crippen molar-refractivity contribution in [1.29, 1.82) is 0 Å². The number of guanidine groups is 1. The topological polar surface area (TPSA) is 85.8 Å². The third-order valence-electron chi connectivity index (χ3n) is 4.34. The number of rotatable bonds is 8. The van der Waals surface area contributed by atoms with Gasteiger partial charge in [-0.1, -0.05) is 12.1 Å². The lowest BCUT2D eigenvalue weighted by Crippen LogP contribution is -2.48. The molecule has 1 saturated heterocycles. The van der Waals surface area contributed by atoms with Gasteiger partial charge in [0.25, 0.3) is 0 Å². The van der Waals surface area contributed by atoms with E-state index in [-0.39, 0.29) is 12.4 Å². The molecule has 0 atom stereocenters. The van der Waals surface area contributed by atoms with Crippen molar-refractivity contribution < 1.29 is 12.8 Å². The molecule has 1 heterocycles. The maximum absolute atomic E-state index is 13.0. The van der Waals surface area contributed by atoms with Crippen LogP contribution in [0.1, 0.15) is 25.3 Å². The Balaban J connectivity index is 1.76. The molecule has 1 aliphatic heterocycles. The van der Waals surface area contributed by atoms with Crippen LogP contribution in [0.5, 0.6) is 0 Å². The van der Waals surface area contributed by atoms with Crippen LogP contribution < -0.4 is 15.4 Å². The van der Waals surface area contributed by atoms with E-state index < -0.39 is 10.0 Å². The van der Waals surface area contributed by atoms with Crippen LogP contribution in [0.15, 0.2) is 29.3 Å². The van der Waals surface area contributed by atoms with E-state index in [0.29, 0.717) is 18.5 Å². The average molecular weight is 400 g/mol. The summed E-state index contributed by atoms with van der Waals surface area (Å²) in [5.41, 5.74) is 1.12. The van der Waals surface area contributed by atoms with Crippen LogP contribution >= 0.6 is 0 Å². The summed E-state index contributed by atoms with van der Waals surface area (Å²) in [4.78, 5) is 6.79. The lowest BCUT2D eigenvalue weighted by atomic mass is 10.0. The molecule has 1 aromatic rings. The number of piperidine rings is 1. The predicted molar refractivity (Wildman–Crippen MR) is 107 cm³/mol. The van der Waals surface area contributed by atoms with E-state index in [2.05, 4.69) is 25.2 Å². The molecule has 9 heteroatoms. The van der Waals surface area contributed by atoms with Gasteiger partial charge in [-0.2, -0.15) is 0 Å². The molecule has 0 saturated carbocycles. The predicted octanol–water partition coefficient (Wildman–Crippen LogP) is 0.894. The van der Waals surface area contributed by atoms with Crippen molar-refractivity contribution in [3.05, 3.63) is 35.6 Å². The Kier molecular flexibility index (Phi) is 8.46. The Morgan fingerprint density at radius 1 is 1.26 bits per heavy atom. The summed E-state index contributed by atoms with van der Waals surface area (Å²) in [6.07, 6.45) is 3.13. The molecule has 0 radical (unpaired) electrons. The zero-order valence-corrected chi connectivity index (χ0v) is 16.9. The summed E-state index contributed by atoms with van der Waals surface area (Å²) in [5, 5.41) is 6.63. The molecule has 7 nitrogen and oxygen atoms in total. The number of aliphatic imine (C=N–C) groups is 1. The fourth-order valence-corrected chi connectivity index (χ4v) is 3.46. The molecule has 0 spiro atoms. The highest BCUT2D eigenvalue weighted by atomic mass is 32.2. The molecule has 1 aromatic carbocycles. The van der Waals surface area contributed by atoms with Crippen molar-refractivity contribution in [2.45, 2.75) is 32.4 Å². The molecule has 0 unspecified atom stereocenters. The standard InChI is InChI=1S/C18H30FN5O2S/c1-3-20-18(21-10-11-22-27(2,25)26)23-17-8-12-24(13-9-17)14-15-4-6-16(19)7-5-15/h4-7,17,22H,3,8-14H2,1-2H3,(H2,20,21,23). The number of hydrogen-bond acceptors (Lipinski definition) is 4. The second-order valence-electron chi connectivity index (χ2n) is 6.75. The van der Waals surface area contributed by atoms with E-state index in [1.54, 1.807) is 0 Å². The van der Waals surface area contributed by atoms with Gasteiger partial charge in [-0.3, -0.25) is 9.89 Å². The Labute approximate surface area is 161 Å². The Morgan fingerprint density at radius 2 is 1.93 bits per heavy atom. The number of halogens is 1. The van der Waals surface area contributed by atoms with Gasteiger partial charge in [0.15, 0.2) is 5.96 Å². The first-order chi connectivity index (χ1) is 12.9. The number of sulfonamides is 1. The maximum Gasteiger partial charge on any atom is 0.208 e. The Hall–Kier alpha value is -1.71. The van der Waals surface area contributed by atoms with Gasteiger partial charge >= 0.3 is 0 Å². The van der Waals surface area contributed by atoms with Gasteiger partial charge in [0.1, 0.15) is 5.82 Å². The second-order valence-corrected chi connectivity index (χ2v) is 8.58. The van der Waals surface area contributed by atoms with E-state index in [1.807, 2.05) is 19.1 Å². The fourth-order valence-electron chi connectivity index (χ4n) is 3.00. The van der Waals surface area contributed by atoms with Crippen molar-refractivity contribution in [3.63, 3.8) is 0 Å². The average Bonchev–Trinajstić information content (AvgIpc) is 2.61. The van der Waals surface area contributed by atoms with Gasteiger partial charge < -0.3 is 10.6 Å². The van der Waals surface area contributed by atoms with Crippen molar-refractivity contribution in [2.75, 3.05) is 39.0 Å². The molecular formula is C18H30FN5O2S. The molecular weight excluding hydrogens is 369 g/mol. The van der Waals surface area contributed by atoms with E-state index in [9.17, 15) is 12.8 Å². The van der Waals surface area contributed by atoms with Crippen LogP contribution in [0.3, 0.4) is 0 Å². The fraction of sp³-hybridized carbons (Fsp3) is 0.611. The van der Waals surface area contributed by atoms with Gasteiger partial charge in [0.05, 0.1) is 12.8 Å². The minimum absolute atomic E-state index is 0.205. The SMILES string of the molecule is CCNC(=NCCNS(C)(=O)=O)NC1CCN(Cc2ccc(F)cc2)CC1. The first-order valence-corrected chi connectivity index (χ1v) is 11.2. The van der Waals surface area contributed by atoms with E-state index in [4.69, 9.17) is 0 Å². The third kappa shape index (κ3) is 8.68. The molecule has 2 rings (SSSR count). The molecule has 152 valence electrons. The van der Waals surface area contributed by atoms with Crippen molar-refractivity contribution in [3.8, 4) is 0 Å². The van der Waals surface area contributed by atoms with Crippen LogP contribution in [0.25, 0.3) is 0 Å². The summed E-state index contributed by atoms with van der Waals surface area (Å²) in [7, 11) is -3.18. The van der Waals surface area contributed by atoms with Crippen LogP contribution in [0.4, 0.5) is 4.39 Å². The van der Waals surface area contributed by atoms with Gasteiger partial charge in [-0.15, -0.1) is 0 Å². The molecule has 0 bridgehead atoms. The molecule has 0 aliphatic carbocycles. The Bertz CT molecular complexity index is 701. The van der Waals surface area contributed by atoms with Gasteiger partial charge in [-0.05, 0) is 37.5 Å². The van der Waals surface area contributed by atoms with E-state index in [0.717, 1.165) is 50.8 Å². The second kappa shape index (κ2) is 10.6. The number of hydrogen-bond donors (Lipinski definition) is 3. The summed E-state index contributed by atoms with van der Waals surface area (Å²) in [6.45, 7) is 6.16. The normalized spacial score (nSPS) is 17.1. The summed E-state index contributed by atoms with van der Waals surface area (Å²) < 4.78 is 37.6. The van der Waals surface area contributed by atoms with Gasteiger partial charge in [0, 0.05) is 38.8 Å². The van der Waals surface area contributed by atoms with Crippen LogP contribution in [-0.4, -0.2) is 64.3 Å². The van der Waals surface area contributed by atoms with Crippen LogP contribution in [-0.2, 0) is 16.6 Å². The minimum Gasteiger partial charge on any atom is -0.357 e. The number of likely N-dealkylation sites (tertiary alicyclic amines) is 1. The lowest BCUT2D eigenvalue weighted by molar-refractivity contribution is 0.198. The number of nitrogens with one attached hydrogen (secondary N) is 3. The van der Waals surface area contributed by atoms with E-state index >= 15 is 0 Å². The first-order valence-electron chi connectivity index (χ1n) is 9.32. The largest absolute Gasteiger partial charge is 0.357 e. The molecule has 0 amide bonds. The van der Waals surface area contributed by atoms with Crippen molar-refractivity contribution >= 4 is 16.0 Å². The quantitative estimate of drug-likeness (QED) is 0.343. The van der Waals surface area contributed by atoms with Crippen molar-refractivity contribution in [2.24, 2.45) is 4.99 Å². The van der Waals surface area contributed by atoms with Gasteiger partial charge in [0.2, 0.25) is 10.0 Å². The van der Waals surface area contributed by atoms with Crippen LogP contribution in [0, 0.1) is 5.82 Å². The molecule has 1 aliphatic rings. The molecule has 1 fully saturated rings. The maximum atomic E-state index is 13.0. The summed E-state index contributed by atoms with van der Waals surface area (Å²) in [5.74, 6) is 0.508. The highest BCUT2D eigenvalue weighted by molar-refractivity contribution is 7.88. The number of nitrogens with zero attached hydrogens (tertiary/aromatic N) is 2. The smallest absolute Gasteiger partial charge is 0.208 e. The first kappa shape index (κ1) is 21.6.